The maximum absolute atomic E-state index is 14.4. The molecule has 41 heavy (non-hydrogen) atoms. The number of piperidine rings is 1. The molecule has 2 amide bonds. The van der Waals surface area contributed by atoms with Gasteiger partial charge in [-0.3, -0.25) is 14.6 Å². The van der Waals surface area contributed by atoms with Crippen LogP contribution in [0.25, 0.3) is 16.6 Å². The molecule has 0 radical (unpaired) electrons. The normalized spacial score (nSPS) is 14.5. The second-order valence-corrected chi connectivity index (χ2v) is 11.2. The molecule has 1 N–H and O–H groups in total. The molecule has 8 heteroatoms. The maximum Gasteiger partial charge on any atom is 0.256 e. The number of pyridine rings is 1. The van der Waals surface area contributed by atoms with Crippen LogP contribution in [0.15, 0.2) is 67.1 Å². The summed E-state index contributed by atoms with van der Waals surface area (Å²) >= 11 is 0. The van der Waals surface area contributed by atoms with Gasteiger partial charge in [0.2, 0.25) is 0 Å². The van der Waals surface area contributed by atoms with Gasteiger partial charge >= 0.3 is 0 Å². The first kappa shape index (κ1) is 28.5. The molecule has 0 atom stereocenters. The van der Waals surface area contributed by atoms with E-state index in [1.54, 1.807) is 25.1 Å². The number of nitrogens with one attached hydrogen (secondary N) is 1. The highest BCUT2D eigenvalue weighted by Crippen LogP contribution is 2.36. The second kappa shape index (κ2) is 12.2. The third kappa shape index (κ3) is 6.03. The SMILES string of the molecule is CNC(=O)c1cccc(CCN2CCC(c3cn(-c4ccc(F)cc4C(=O)N(C)C(C)C)c4cnccc34)CC2)c1. The minimum absolute atomic E-state index is 0.0118. The number of carbonyl (C=O) groups is 2. The fraction of sp³-hybridized carbons (Fsp3) is 0.364. The van der Waals surface area contributed by atoms with Gasteiger partial charge in [-0.25, -0.2) is 4.39 Å². The van der Waals surface area contributed by atoms with E-state index in [1.807, 2.05) is 55.1 Å². The lowest BCUT2D eigenvalue weighted by Gasteiger charge is -2.32. The van der Waals surface area contributed by atoms with Gasteiger partial charge in [0.15, 0.2) is 0 Å². The topological polar surface area (TPSA) is 70.5 Å². The van der Waals surface area contributed by atoms with Gasteiger partial charge in [-0.1, -0.05) is 12.1 Å². The lowest BCUT2D eigenvalue weighted by Crippen LogP contribution is -2.34. The van der Waals surface area contributed by atoms with Crippen molar-refractivity contribution in [2.75, 3.05) is 33.7 Å². The quantitative estimate of drug-likeness (QED) is 0.315. The summed E-state index contributed by atoms with van der Waals surface area (Å²) in [6, 6.07) is 14.3. The molecule has 4 aromatic rings. The molecule has 0 aliphatic carbocycles. The van der Waals surface area contributed by atoms with Crippen LogP contribution in [0.1, 0.15) is 64.4 Å². The summed E-state index contributed by atoms with van der Waals surface area (Å²) in [6.07, 6.45) is 8.69. The van der Waals surface area contributed by atoms with Crippen LogP contribution in [0.3, 0.4) is 0 Å². The van der Waals surface area contributed by atoms with E-state index in [0.717, 1.165) is 55.4 Å². The Hall–Kier alpha value is -4.04. The molecule has 5 rings (SSSR count). The van der Waals surface area contributed by atoms with E-state index < -0.39 is 5.82 Å². The molecule has 1 saturated heterocycles. The molecular weight excluding hydrogens is 517 g/mol. The van der Waals surface area contributed by atoms with E-state index >= 15 is 0 Å². The highest BCUT2D eigenvalue weighted by molar-refractivity contribution is 5.99. The van der Waals surface area contributed by atoms with E-state index in [0.29, 0.717) is 22.7 Å². The molecule has 7 nitrogen and oxygen atoms in total. The number of fused-ring (bicyclic) bond motifs is 1. The Morgan fingerprint density at radius 3 is 2.63 bits per heavy atom. The molecule has 1 aliphatic rings. The number of nitrogens with zero attached hydrogens (tertiary/aromatic N) is 4. The van der Waals surface area contributed by atoms with E-state index in [9.17, 15) is 14.0 Å². The van der Waals surface area contributed by atoms with Gasteiger partial charge < -0.3 is 19.7 Å². The van der Waals surface area contributed by atoms with Crippen molar-refractivity contribution < 1.29 is 14.0 Å². The smallest absolute Gasteiger partial charge is 0.256 e. The molecular formula is C33H38FN5O2. The van der Waals surface area contributed by atoms with Crippen LogP contribution in [-0.2, 0) is 6.42 Å². The molecule has 3 heterocycles. The summed E-state index contributed by atoms with van der Waals surface area (Å²) in [5, 5.41) is 3.80. The van der Waals surface area contributed by atoms with Gasteiger partial charge in [0.05, 0.1) is 23.0 Å². The van der Waals surface area contributed by atoms with E-state index in [-0.39, 0.29) is 17.9 Å². The number of hydrogen-bond acceptors (Lipinski definition) is 4. The molecule has 2 aromatic carbocycles. The van der Waals surface area contributed by atoms with Crippen LogP contribution in [0.5, 0.6) is 0 Å². The molecule has 1 aliphatic heterocycles. The number of rotatable bonds is 8. The molecule has 0 bridgehead atoms. The number of likely N-dealkylation sites (tertiary alicyclic amines) is 1. The predicted octanol–water partition coefficient (Wildman–Crippen LogP) is 5.43. The highest BCUT2D eigenvalue weighted by atomic mass is 19.1. The minimum Gasteiger partial charge on any atom is -0.355 e. The summed E-state index contributed by atoms with van der Waals surface area (Å²) in [6.45, 7) is 6.80. The summed E-state index contributed by atoms with van der Waals surface area (Å²) in [7, 11) is 3.39. The maximum atomic E-state index is 14.4. The molecule has 0 spiro atoms. The monoisotopic (exact) mass is 555 g/mol. The van der Waals surface area contributed by atoms with Crippen LogP contribution >= 0.6 is 0 Å². The van der Waals surface area contributed by atoms with E-state index in [4.69, 9.17) is 0 Å². The van der Waals surface area contributed by atoms with Crippen LogP contribution in [0.2, 0.25) is 0 Å². The first-order chi connectivity index (χ1) is 19.8. The molecule has 0 unspecified atom stereocenters. The molecule has 1 fully saturated rings. The zero-order chi connectivity index (χ0) is 29.1. The number of benzene rings is 2. The number of hydrogen-bond donors (Lipinski definition) is 1. The number of aromatic nitrogens is 2. The van der Waals surface area contributed by atoms with Crippen LogP contribution in [0.4, 0.5) is 4.39 Å². The third-order valence-corrected chi connectivity index (χ3v) is 8.34. The molecule has 214 valence electrons. The number of amides is 2. The fourth-order valence-electron chi connectivity index (χ4n) is 5.71. The second-order valence-electron chi connectivity index (χ2n) is 11.2. The zero-order valence-electron chi connectivity index (χ0n) is 24.2. The van der Waals surface area contributed by atoms with Crippen LogP contribution < -0.4 is 5.32 Å². The van der Waals surface area contributed by atoms with Gasteiger partial charge in [-0.05, 0) is 99.6 Å². The van der Waals surface area contributed by atoms with Gasteiger partial charge in [-0.15, -0.1) is 0 Å². The predicted molar refractivity (Wildman–Crippen MR) is 160 cm³/mol. The third-order valence-electron chi connectivity index (χ3n) is 8.34. The number of carbonyl (C=O) groups excluding carboxylic acids is 2. The van der Waals surface area contributed by atoms with Crippen LogP contribution in [-0.4, -0.2) is 70.9 Å². The van der Waals surface area contributed by atoms with Crippen molar-refractivity contribution in [2.45, 2.75) is 45.1 Å². The average Bonchev–Trinajstić information content (AvgIpc) is 3.38. The van der Waals surface area contributed by atoms with E-state index in [1.165, 1.54) is 17.7 Å². The van der Waals surface area contributed by atoms with E-state index in [2.05, 4.69) is 27.5 Å². The van der Waals surface area contributed by atoms with Crippen molar-refractivity contribution in [2.24, 2.45) is 0 Å². The first-order valence-electron chi connectivity index (χ1n) is 14.3. The van der Waals surface area contributed by atoms with Crippen molar-refractivity contribution in [1.82, 2.24) is 24.7 Å². The van der Waals surface area contributed by atoms with Gasteiger partial charge in [0.1, 0.15) is 5.82 Å². The Balaban J connectivity index is 1.35. The number of halogens is 1. The van der Waals surface area contributed by atoms with Gasteiger partial charge in [0.25, 0.3) is 11.8 Å². The van der Waals surface area contributed by atoms with Crippen molar-refractivity contribution >= 4 is 22.7 Å². The van der Waals surface area contributed by atoms with Crippen LogP contribution in [0, 0.1) is 5.82 Å². The Morgan fingerprint density at radius 1 is 1.12 bits per heavy atom. The van der Waals surface area contributed by atoms with Crippen molar-refractivity contribution in [3.05, 3.63) is 95.2 Å². The van der Waals surface area contributed by atoms with Crippen molar-refractivity contribution in [3.8, 4) is 5.69 Å². The highest BCUT2D eigenvalue weighted by Gasteiger charge is 2.26. The lowest BCUT2D eigenvalue weighted by atomic mass is 9.89. The Labute approximate surface area is 241 Å². The first-order valence-corrected chi connectivity index (χ1v) is 14.3. The zero-order valence-corrected chi connectivity index (χ0v) is 24.2. The summed E-state index contributed by atoms with van der Waals surface area (Å²) in [5.74, 6) is -0.342. The molecule has 0 saturated carbocycles. The lowest BCUT2D eigenvalue weighted by molar-refractivity contribution is 0.0754. The fourth-order valence-corrected chi connectivity index (χ4v) is 5.71. The summed E-state index contributed by atoms with van der Waals surface area (Å²) in [5.41, 5.74) is 5.00. The average molecular weight is 556 g/mol. The minimum atomic E-state index is -0.434. The summed E-state index contributed by atoms with van der Waals surface area (Å²) < 4.78 is 16.4. The van der Waals surface area contributed by atoms with Crippen molar-refractivity contribution in [1.29, 1.82) is 0 Å². The molecule has 2 aromatic heterocycles. The summed E-state index contributed by atoms with van der Waals surface area (Å²) in [4.78, 5) is 33.8. The standard InChI is InChI=1S/C33H38FN5O2/c1-22(2)37(4)33(41)28-19-26(34)8-9-30(28)39-21-29(27-10-14-36-20-31(27)39)24-12-16-38(17-13-24)15-11-23-6-5-7-25(18-23)32(40)35-3/h5-10,14,18-22,24H,11-13,15-17H2,1-4H3,(H,35,40). The Bertz CT molecular complexity index is 1550. The van der Waals surface area contributed by atoms with Crippen molar-refractivity contribution in [3.63, 3.8) is 0 Å². The Morgan fingerprint density at radius 2 is 1.90 bits per heavy atom. The Kier molecular flexibility index (Phi) is 8.49. The largest absolute Gasteiger partial charge is 0.355 e. The van der Waals surface area contributed by atoms with Gasteiger partial charge in [0, 0.05) is 50.0 Å². The van der Waals surface area contributed by atoms with Gasteiger partial charge in [-0.2, -0.15) is 0 Å².